The standard InChI is InChI=1S/C23H40O4Si/c1-16-14-18(24)17-8-7-9-22(10-11-23(20(17)22)25-12-13-26-23)15-19(16)27-28(5,6)21(2,3)4/h17-20,24H,1,7-15H2,2-6H3/t17?,18-,19-,20?,22?/m1/s1. The first-order valence-electron chi connectivity index (χ1n) is 11.3. The van der Waals surface area contributed by atoms with E-state index in [-0.39, 0.29) is 34.5 Å². The molecule has 0 aromatic rings. The van der Waals surface area contributed by atoms with Crippen LogP contribution in [-0.2, 0) is 13.9 Å². The summed E-state index contributed by atoms with van der Waals surface area (Å²) >= 11 is 0. The molecule has 1 saturated heterocycles. The smallest absolute Gasteiger partial charge is 0.192 e. The van der Waals surface area contributed by atoms with Gasteiger partial charge in [-0.05, 0) is 67.1 Å². The Bertz CT molecular complexity index is 619. The summed E-state index contributed by atoms with van der Waals surface area (Å²) in [5.74, 6) is 0.0662. The van der Waals surface area contributed by atoms with Crippen molar-refractivity contribution >= 4 is 8.32 Å². The number of aliphatic hydroxyl groups excluding tert-OH is 1. The van der Waals surface area contributed by atoms with Crippen LogP contribution in [0.1, 0.15) is 65.7 Å². The third-order valence-corrected chi connectivity index (χ3v) is 13.3. The van der Waals surface area contributed by atoms with E-state index in [9.17, 15) is 5.11 Å². The first-order chi connectivity index (χ1) is 13.0. The molecule has 4 fully saturated rings. The van der Waals surface area contributed by atoms with Crippen LogP contribution in [0.5, 0.6) is 0 Å². The zero-order chi connectivity index (χ0) is 20.4. The number of aliphatic hydroxyl groups is 1. The second-order valence-electron chi connectivity index (χ2n) is 11.4. The molecule has 0 radical (unpaired) electrons. The topological polar surface area (TPSA) is 47.9 Å². The van der Waals surface area contributed by atoms with Crippen molar-refractivity contribution in [3.63, 3.8) is 0 Å². The Hall–Kier alpha value is -0.203. The summed E-state index contributed by atoms with van der Waals surface area (Å²) in [6, 6.07) is 0. The van der Waals surface area contributed by atoms with Crippen molar-refractivity contribution in [3.05, 3.63) is 12.2 Å². The average molecular weight is 409 g/mol. The molecule has 0 amide bonds. The van der Waals surface area contributed by atoms with E-state index >= 15 is 0 Å². The van der Waals surface area contributed by atoms with Crippen molar-refractivity contribution < 1.29 is 19.0 Å². The van der Waals surface area contributed by atoms with E-state index in [0.29, 0.717) is 19.6 Å². The molecule has 3 unspecified atom stereocenters. The molecular weight excluding hydrogens is 368 g/mol. The summed E-state index contributed by atoms with van der Waals surface area (Å²) in [5.41, 5.74) is 1.24. The van der Waals surface area contributed by atoms with E-state index in [2.05, 4.69) is 40.4 Å². The van der Waals surface area contributed by atoms with E-state index in [1.54, 1.807) is 0 Å². The Labute approximate surface area is 172 Å². The van der Waals surface area contributed by atoms with Gasteiger partial charge in [0.05, 0.1) is 25.4 Å². The molecule has 1 aliphatic heterocycles. The van der Waals surface area contributed by atoms with E-state index in [0.717, 1.165) is 31.3 Å². The van der Waals surface area contributed by atoms with Crippen molar-refractivity contribution in [3.8, 4) is 0 Å². The lowest BCUT2D eigenvalue weighted by molar-refractivity contribution is -0.228. The monoisotopic (exact) mass is 408 g/mol. The fourth-order valence-electron chi connectivity index (χ4n) is 6.38. The fraction of sp³-hybridized carbons (Fsp3) is 0.913. The maximum atomic E-state index is 11.2. The molecule has 28 heavy (non-hydrogen) atoms. The molecule has 2 bridgehead atoms. The minimum absolute atomic E-state index is 0.0358. The van der Waals surface area contributed by atoms with Crippen molar-refractivity contribution in [2.75, 3.05) is 13.2 Å². The largest absolute Gasteiger partial charge is 0.410 e. The van der Waals surface area contributed by atoms with Crippen molar-refractivity contribution in [2.24, 2.45) is 17.3 Å². The zero-order valence-corrected chi connectivity index (χ0v) is 19.6. The van der Waals surface area contributed by atoms with Gasteiger partial charge in [-0.15, -0.1) is 0 Å². The predicted octanol–water partition coefficient (Wildman–Crippen LogP) is 5.03. The molecule has 4 nitrogen and oxygen atoms in total. The van der Waals surface area contributed by atoms with Gasteiger partial charge in [0.1, 0.15) is 0 Å². The summed E-state index contributed by atoms with van der Waals surface area (Å²) in [7, 11) is -1.93. The van der Waals surface area contributed by atoms with Gasteiger partial charge >= 0.3 is 0 Å². The zero-order valence-electron chi connectivity index (χ0n) is 18.6. The highest BCUT2D eigenvalue weighted by molar-refractivity contribution is 6.74. The predicted molar refractivity (Wildman–Crippen MR) is 114 cm³/mol. The number of rotatable bonds is 2. The van der Waals surface area contributed by atoms with Gasteiger partial charge in [0.25, 0.3) is 0 Å². The molecule has 3 saturated carbocycles. The Morgan fingerprint density at radius 2 is 1.82 bits per heavy atom. The molecule has 1 N–H and O–H groups in total. The molecule has 0 aromatic carbocycles. The second-order valence-corrected chi connectivity index (χ2v) is 16.2. The first-order valence-corrected chi connectivity index (χ1v) is 14.2. The highest BCUT2D eigenvalue weighted by Crippen LogP contribution is 2.65. The number of hydrogen-bond donors (Lipinski definition) is 1. The lowest BCUT2D eigenvalue weighted by Gasteiger charge is -2.53. The van der Waals surface area contributed by atoms with Gasteiger partial charge in [0.2, 0.25) is 0 Å². The maximum Gasteiger partial charge on any atom is 0.192 e. The third-order valence-electron chi connectivity index (χ3n) is 8.78. The molecule has 160 valence electrons. The normalized spacial score (nSPS) is 41.0. The Morgan fingerprint density at radius 1 is 1.14 bits per heavy atom. The summed E-state index contributed by atoms with van der Waals surface area (Å²) in [6.45, 7) is 17.3. The fourth-order valence-corrected chi connectivity index (χ4v) is 7.70. The van der Waals surface area contributed by atoms with Crippen LogP contribution in [0, 0.1) is 17.3 Å². The van der Waals surface area contributed by atoms with Crippen LogP contribution in [0.15, 0.2) is 12.2 Å². The lowest BCUT2D eigenvalue weighted by Crippen LogP contribution is -2.54. The van der Waals surface area contributed by atoms with E-state index < -0.39 is 14.1 Å². The molecule has 5 heteroatoms. The summed E-state index contributed by atoms with van der Waals surface area (Å²) in [4.78, 5) is 0. The molecule has 4 aliphatic rings. The van der Waals surface area contributed by atoms with E-state index in [1.807, 2.05) is 0 Å². The van der Waals surface area contributed by atoms with Gasteiger partial charge < -0.3 is 19.0 Å². The Balaban J connectivity index is 1.69. The van der Waals surface area contributed by atoms with Crippen molar-refractivity contribution in [1.29, 1.82) is 0 Å². The third kappa shape index (κ3) is 3.26. The van der Waals surface area contributed by atoms with Crippen LogP contribution in [0.4, 0.5) is 0 Å². The van der Waals surface area contributed by atoms with Crippen LogP contribution >= 0.6 is 0 Å². The molecule has 5 atom stereocenters. The highest BCUT2D eigenvalue weighted by Gasteiger charge is 2.65. The minimum atomic E-state index is -1.93. The van der Waals surface area contributed by atoms with Gasteiger partial charge in [-0.2, -0.15) is 0 Å². The van der Waals surface area contributed by atoms with Crippen molar-refractivity contribution in [1.82, 2.24) is 0 Å². The summed E-state index contributed by atoms with van der Waals surface area (Å²) < 4.78 is 19.5. The number of hydrogen-bond acceptors (Lipinski definition) is 4. The second kappa shape index (κ2) is 6.91. The van der Waals surface area contributed by atoms with Gasteiger partial charge in [-0.25, -0.2) is 0 Å². The first kappa shape index (κ1) is 21.0. The van der Waals surface area contributed by atoms with E-state index in [1.165, 1.54) is 12.8 Å². The number of ether oxygens (including phenoxy) is 2. The van der Waals surface area contributed by atoms with Crippen LogP contribution in [0.3, 0.4) is 0 Å². The molecule has 0 aromatic heterocycles. The SMILES string of the molecule is C=C1C[C@@H](O)C2CCCC3(CCC4(OCCO4)C23)C[C@H]1O[Si](C)(C)C(C)(C)C. The van der Waals surface area contributed by atoms with Gasteiger partial charge in [0.15, 0.2) is 14.1 Å². The maximum absolute atomic E-state index is 11.2. The van der Waals surface area contributed by atoms with Gasteiger partial charge in [-0.1, -0.05) is 33.8 Å². The van der Waals surface area contributed by atoms with Crippen LogP contribution in [-0.4, -0.2) is 44.6 Å². The molecule has 3 aliphatic carbocycles. The highest BCUT2D eigenvalue weighted by atomic mass is 28.4. The summed E-state index contributed by atoms with van der Waals surface area (Å²) in [6.07, 6.45) is 6.86. The van der Waals surface area contributed by atoms with Gasteiger partial charge in [-0.3, -0.25) is 0 Å². The molecule has 1 spiro atoms. The Morgan fingerprint density at radius 3 is 2.46 bits per heavy atom. The summed E-state index contributed by atoms with van der Waals surface area (Å²) in [5, 5.41) is 11.4. The quantitative estimate of drug-likeness (QED) is 0.514. The van der Waals surface area contributed by atoms with Crippen LogP contribution < -0.4 is 0 Å². The molecule has 1 heterocycles. The van der Waals surface area contributed by atoms with Crippen LogP contribution in [0.25, 0.3) is 0 Å². The Kier molecular flexibility index (Phi) is 5.19. The molecular formula is C23H40O4Si. The van der Waals surface area contributed by atoms with Crippen molar-refractivity contribution in [2.45, 2.75) is 102 Å². The average Bonchev–Trinajstić information content (AvgIpc) is 3.19. The molecule has 4 rings (SSSR count). The van der Waals surface area contributed by atoms with E-state index in [4.69, 9.17) is 13.9 Å². The van der Waals surface area contributed by atoms with Gasteiger partial charge in [0, 0.05) is 12.3 Å². The van der Waals surface area contributed by atoms with Crippen LogP contribution in [0.2, 0.25) is 18.1 Å². The minimum Gasteiger partial charge on any atom is -0.410 e. The lowest BCUT2D eigenvalue weighted by atomic mass is 9.56.